The fourth-order valence-corrected chi connectivity index (χ4v) is 7.61. The first-order chi connectivity index (χ1) is 15.2. The third kappa shape index (κ3) is 5.26. The summed E-state index contributed by atoms with van der Waals surface area (Å²) in [6.07, 6.45) is 6.03. The Kier molecular flexibility index (Phi) is 7.39. The number of sulfone groups is 1. The van der Waals surface area contributed by atoms with Crippen molar-refractivity contribution < 1.29 is 13.2 Å². The Balaban J connectivity index is 1.55. The van der Waals surface area contributed by atoms with Gasteiger partial charge in [-0.25, -0.2) is 8.42 Å². The normalized spacial score (nSPS) is 21.0. The lowest BCUT2D eigenvalue weighted by Gasteiger charge is -2.26. The Bertz CT molecular complexity index is 1100. The van der Waals surface area contributed by atoms with Crippen molar-refractivity contribution in [1.82, 2.24) is 19.7 Å². The number of amides is 1. The number of hydrogen-bond acceptors (Lipinski definition) is 6. The van der Waals surface area contributed by atoms with E-state index in [2.05, 4.69) is 14.8 Å². The fourth-order valence-electron chi connectivity index (χ4n) is 4.41. The highest BCUT2D eigenvalue weighted by Gasteiger charge is 2.33. The highest BCUT2D eigenvalue weighted by molar-refractivity contribution is 7.99. The predicted octanol–water partition coefficient (Wildman–Crippen LogP) is 4.49. The average molecular weight is 518 g/mol. The molecule has 0 N–H and O–H groups in total. The molecule has 1 aromatic carbocycles. The van der Waals surface area contributed by atoms with E-state index in [-0.39, 0.29) is 35.2 Å². The van der Waals surface area contributed by atoms with Gasteiger partial charge in [-0.3, -0.25) is 9.36 Å². The molecule has 2 heterocycles. The molecule has 7 nitrogen and oxygen atoms in total. The molecule has 0 radical (unpaired) electrons. The monoisotopic (exact) mass is 516 g/mol. The molecule has 2 fully saturated rings. The van der Waals surface area contributed by atoms with Crippen molar-refractivity contribution in [3.63, 3.8) is 0 Å². The minimum atomic E-state index is -3.05. The highest BCUT2D eigenvalue weighted by atomic mass is 35.5. The molecule has 1 saturated carbocycles. The summed E-state index contributed by atoms with van der Waals surface area (Å²) in [5, 5.41) is 10.6. The molecular weight excluding hydrogens is 491 g/mol. The van der Waals surface area contributed by atoms with Crippen LogP contribution in [0.5, 0.6) is 0 Å². The Morgan fingerprint density at radius 1 is 1.19 bits per heavy atom. The molecular formula is C21H26Cl2N4O3S2. The number of rotatable bonds is 6. The van der Waals surface area contributed by atoms with Crippen LogP contribution in [0.2, 0.25) is 10.0 Å². The van der Waals surface area contributed by atoms with Gasteiger partial charge in [-0.05, 0) is 37.5 Å². The lowest BCUT2D eigenvalue weighted by atomic mass is 9.95. The average Bonchev–Trinajstić information content (AvgIpc) is 3.35. The lowest BCUT2D eigenvalue weighted by Crippen LogP contribution is -2.38. The first kappa shape index (κ1) is 23.9. The van der Waals surface area contributed by atoms with Crippen LogP contribution in [0.25, 0.3) is 11.4 Å². The number of benzene rings is 1. The minimum absolute atomic E-state index is 0.0391. The maximum Gasteiger partial charge on any atom is 0.233 e. The summed E-state index contributed by atoms with van der Waals surface area (Å²) >= 11 is 13.9. The fraction of sp³-hybridized carbons (Fsp3) is 0.571. The van der Waals surface area contributed by atoms with Crippen molar-refractivity contribution in [1.29, 1.82) is 0 Å². The summed E-state index contributed by atoms with van der Waals surface area (Å²) < 4.78 is 25.7. The van der Waals surface area contributed by atoms with Gasteiger partial charge in [0.05, 0.1) is 22.3 Å². The molecule has 0 spiro atoms. The molecule has 174 valence electrons. The number of hydrogen-bond donors (Lipinski definition) is 0. The molecule has 32 heavy (non-hydrogen) atoms. The first-order valence-electron chi connectivity index (χ1n) is 10.7. The third-order valence-corrected chi connectivity index (χ3v) is 9.48. The molecule has 0 bridgehead atoms. The van der Waals surface area contributed by atoms with Crippen molar-refractivity contribution >= 4 is 50.7 Å². The van der Waals surface area contributed by atoms with E-state index in [1.54, 1.807) is 24.1 Å². The van der Waals surface area contributed by atoms with E-state index in [4.69, 9.17) is 23.2 Å². The van der Waals surface area contributed by atoms with E-state index in [1.807, 2.05) is 6.07 Å². The van der Waals surface area contributed by atoms with E-state index >= 15 is 0 Å². The van der Waals surface area contributed by atoms with Gasteiger partial charge in [0.2, 0.25) is 5.91 Å². The van der Waals surface area contributed by atoms with Gasteiger partial charge in [0.1, 0.15) is 0 Å². The molecule has 1 aromatic heterocycles. The number of carbonyl (C=O) groups is 1. The predicted molar refractivity (Wildman–Crippen MR) is 128 cm³/mol. The molecule has 0 unspecified atom stereocenters. The standard InChI is InChI=1S/C21H26Cl2N4O3S2/c1-26(16-9-10-32(29,30)13-16)19(28)12-31-21-25-24-20(17-8-7-14(22)11-18(17)23)27(21)15-5-3-2-4-6-15/h7-8,11,15-16H,2-6,9-10,12-13H2,1H3/t16-/m0/s1. The number of carbonyl (C=O) groups excluding carboxylic acids is 1. The Hall–Kier alpha value is -1.29. The second-order valence-electron chi connectivity index (χ2n) is 8.44. The van der Waals surface area contributed by atoms with Crippen LogP contribution in [0.4, 0.5) is 0 Å². The van der Waals surface area contributed by atoms with Crippen LogP contribution in [0.3, 0.4) is 0 Å². The summed E-state index contributed by atoms with van der Waals surface area (Å²) in [4.78, 5) is 14.4. The number of thioether (sulfide) groups is 1. The van der Waals surface area contributed by atoms with Crippen molar-refractivity contribution in [3.05, 3.63) is 28.2 Å². The second-order valence-corrected chi connectivity index (χ2v) is 12.5. The van der Waals surface area contributed by atoms with Crippen LogP contribution in [0.15, 0.2) is 23.4 Å². The first-order valence-corrected chi connectivity index (χ1v) is 14.3. The van der Waals surface area contributed by atoms with E-state index < -0.39 is 9.84 Å². The zero-order valence-electron chi connectivity index (χ0n) is 17.8. The van der Waals surface area contributed by atoms with Gasteiger partial charge in [0, 0.05) is 29.7 Å². The molecule has 11 heteroatoms. The summed E-state index contributed by atoms with van der Waals surface area (Å²) in [6, 6.07) is 5.31. The maximum atomic E-state index is 12.8. The maximum absolute atomic E-state index is 12.8. The molecule has 4 rings (SSSR count). The SMILES string of the molecule is CN(C(=O)CSc1nnc(-c2ccc(Cl)cc2Cl)n1C1CCCCC1)[C@H]1CCS(=O)(=O)C1. The van der Waals surface area contributed by atoms with Crippen LogP contribution >= 0.6 is 35.0 Å². The quantitative estimate of drug-likeness (QED) is 0.525. The van der Waals surface area contributed by atoms with Crippen molar-refractivity contribution in [2.75, 3.05) is 24.3 Å². The van der Waals surface area contributed by atoms with E-state index in [9.17, 15) is 13.2 Å². The van der Waals surface area contributed by atoms with Gasteiger partial charge in [-0.1, -0.05) is 54.2 Å². The van der Waals surface area contributed by atoms with E-state index in [1.165, 1.54) is 18.2 Å². The number of aromatic nitrogens is 3. The molecule has 1 atom stereocenters. The van der Waals surface area contributed by atoms with Gasteiger partial charge in [0.25, 0.3) is 0 Å². The van der Waals surface area contributed by atoms with Crippen molar-refractivity contribution in [3.8, 4) is 11.4 Å². The highest BCUT2D eigenvalue weighted by Crippen LogP contribution is 2.38. The lowest BCUT2D eigenvalue weighted by molar-refractivity contribution is -0.128. The Morgan fingerprint density at radius 3 is 2.59 bits per heavy atom. The summed E-state index contributed by atoms with van der Waals surface area (Å²) in [5.74, 6) is 0.929. The van der Waals surface area contributed by atoms with Gasteiger partial charge >= 0.3 is 0 Å². The third-order valence-electron chi connectivity index (χ3n) is 6.25. The van der Waals surface area contributed by atoms with Crippen molar-refractivity contribution in [2.45, 2.75) is 55.8 Å². The van der Waals surface area contributed by atoms with Gasteiger partial charge in [0.15, 0.2) is 20.8 Å². The number of nitrogens with zero attached hydrogens (tertiary/aromatic N) is 4. The Labute approximate surface area is 202 Å². The van der Waals surface area contributed by atoms with Crippen molar-refractivity contribution in [2.24, 2.45) is 0 Å². The summed E-state index contributed by atoms with van der Waals surface area (Å²) in [7, 11) is -1.37. The smallest absolute Gasteiger partial charge is 0.233 e. The number of halogens is 2. The van der Waals surface area contributed by atoms with E-state index in [0.717, 1.165) is 31.2 Å². The minimum Gasteiger partial charge on any atom is -0.341 e. The van der Waals surface area contributed by atoms with Crippen LogP contribution in [-0.4, -0.2) is 64.3 Å². The molecule has 1 aliphatic carbocycles. The summed E-state index contributed by atoms with van der Waals surface area (Å²) in [6.45, 7) is 0. The molecule has 2 aliphatic rings. The van der Waals surface area contributed by atoms with Crippen LogP contribution < -0.4 is 0 Å². The zero-order chi connectivity index (χ0) is 22.9. The molecule has 1 amide bonds. The molecule has 1 aliphatic heterocycles. The van der Waals surface area contributed by atoms with Gasteiger partial charge in [-0.2, -0.15) is 0 Å². The zero-order valence-corrected chi connectivity index (χ0v) is 21.0. The second kappa shape index (κ2) is 9.91. The van der Waals surface area contributed by atoms with E-state index in [0.29, 0.717) is 27.4 Å². The van der Waals surface area contributed by atoms with Crippen LogP contribution in [-0.2, 0) is 14.6 Å². The van der Waals surface area contributed by atoms with Crippen LogP contribution in [0, 0.1) is 0 Å². The molecule has 1 saturated heterocycles. The van der Waals surface area contributed by atoms with Gasteiger partial charge < -0.3 is 4.90 Å². The van der Waals surface area contributed by atoms with Gasteiger partial charge in [-0.15, -0.1) is 10.2 Å². The Morgan fingerprint density at radius 2 is 1.94 bits per heavy atom. The van der Waals surface area contributed by atoms with Crippen LogP contribution in [0.1, 0.15) is 44.6 Å². The summed E-state index contributed by atoms with van der Waals surface area (Å²) in [5.41, 5.74) is 0.764. The largest absolute Gasteiger partial charge is 0.341 e. The topological polar surface area (TPSA) is 85.2 Å². The molecule has 2 aromatic rings.